The minimum absolute atomic E-state index is 0.267. The smallest absolute Gasteiger partial charge is 0.181 e. The number of nitrogens with zero attached hydrogens (tertiary/aromatic N) is 1. The molecular weight excluding hydrogens is 208 g/mol. The zero-order valence-corrected chi connectivity index (χ0v) is 8.67. The Morgan fingerprint density at radius 1 is 1.53 bits per heavy atom. The number of nitrogens with two attached hydrogens (primary N) is 1. The molecule has 0 amide bonds. The van der Waals surface area contributed by atoms with Crippen molar-refractivity contribution in [2.24, 2.45) is 0 Å². The number of thiazole rings is 1. The van der Waals surface area contributed by atoms with E-state index in [-0.39, 0.29) is 6.42 Å². The molecule has 2 N–H and O–H groups in total. The molecule has 15 heavy (non-hydrogen) atoms. The second-order valence-electron chi connectivity index (χ2n) is 2.91. The number of rotatable bonds is 1. The van der Waals surface area contributed by atoms with Crippen molar-refractivity contribution in [1.82, 2.24) is 4.98 Å². The maximum Gasteiger partial charge on any atom is 0.181 e. The molecule has 0 fully saturated rings. The molecule has 0 unspecified atom stereocenters. The second kappa shape index (κ2) is 4.11. The number of carbonyl (C=O) groups excluding carboxylic acids is 1. The number of fused-ring (bicyclic) bond motifs is 1. The molecule has 0 aliphatic rings. The Labute approximate surface area is 90.9 Å². The van der Waals surface area contributed by atoms with E-state index < -0.39 is 0 Å². The van der Waals surface area contributed by atoms with Crippen molar-refractivity contribution in [2.75, 3.05) is 5.73 Å². The number of hydrogen-bond donors (Lipinski definition) is 1. The third-order valence-electron chi connectivity index (χ3n) is 1.82. The largest absolute Gasteiger partial charge is 0.375 e. The molecule has 1 aromatic carbocycles. The van der Waals surface area contributed by atoms with Crippen molar-refractivity contribution in [3.8, 4) is 11.8 Å². The number of aldehydes is 1. The fraction of sp³-hybridized carbons (Fsp3) is 0.0909. The van der Waals surface area contributed by atoms with E-state index in [9.17, 15) is 4.79 Å². The van der Waals surface area contributed by atoms with Crippen molar-refractivity contribution in [1.29, 1.82) is 0 Å². The van der Waals surface area contributed by atoms with Crippen LogP contribution in [0.3, 0.4) is 0 Å². The second-order valence-corrected chi connectivity index (χ2v) is 3.97. The minimum atomic E-state index is 0.267. The fourth-order valence-corrected chi connectivity index (χ4v) is 1.99. The first-order chi connectivity index (χ1) is 7.29. The number of hydrogen-bond acceptors (Lipinski definition) is 4. The molecule has 1 heterocycles. The van der Waals surface area contributed by atoms with Crippen molar-refractivity contribution in [3.05, 3.63) is 23.8 Å². The Morgan fingerprint density at radius 2 is 2.40 bits per heavy atom. The monoisotopic (exact) mass is 216 g/mol. The summed E-state index contributed by atoms with van der Waals surface area (Å²) in [5.41, 5.74) is 7.36. The topological polar surface area (TPSA) is 56.0 Å². The summed E-state index contributed by atoms with van der Waals surface area (Å²) < 4.78 is 1.02. The van der Waals surface area contributed by atoms with E-state index in [1.54, 1.807) is 0 Å². The number of anilines is 1. The van der Waals surface area contributed by atoms with Gasteiger partial charge in [0.15, 0.2) is 5.13 Å². The molecule has 2 rings (SSSR count). The molecular formula is C11H8N2OS. The molecule has 0 aliphatic heterocycles. The molecule has 0 saturated carbocycles. The average Bonchev–Trinajstić information content (AvgIpc) is 2.57. The van der Waals surface area contributed by atoms with Crippen LogP contribution in [0.1, 0.15) is 12.0 Å². The third-order valence-corrected chi connectivity index (χ3v) is 2.67. The Hall–Kier alpha value is -1.86. The highest BCUT2D eigenvalue weighted by molar-refractivity contribution is 7.22. The van der Waals surface area contributed by atoms with E-state index in [1.807, 2.05) is 18.2 Å². The lowest BCUT2D eigenvalue weighted by atomic mass is 10.2. The van der Waals surface area contributed by atoms with Gasteiger partial charge in [-0.15, -0.1) is 0 Å². The lowest BCUT2D eigenvalue weighted by Crippen LogP contribution is -1.79. The van der Waals surface area contributed by atoms with Crippen LogP contribution in [0, 0.1) is 11.8 Å². The van der Waals surface area contributed by atoms with Crippen molar-refractivity contribution < 1.29 is 4.79 Å². The molecule has 1 aromatic heterocycles. The first-order valence-electron chi connectivity index (χ1n) is 4.38. The molecule has 4 heteroatoms. The first-order valence-corrected chi connectivity index (χ1v) is 5.20. The van der Waals surface area contributed by atoms with Crippen LogP contribution in [0.5, 0.6) is 0 Å². The summed E-state index contributed by atoms with van der Waals surface area (Å²) in [7, 11) is 0. The molecule has 3 nitrogen and oxygen atoms in total. The standard InChI is InChI=1S/C11H8N2OS/c12-11-13-9-5-4-8(3-1-2-6-14)7-10(9)15-11/h4-7H,2H2,(H2,12,13). The van der Waals surface area contributed by atoms with E-state index in [4.69, 9.17) is 5.73 Å². The first kappa shape index (κ1) is 9.69. The Kier molecular flexibility index (Phi) is 2.66. The third kappa shape index (κ3) is 2.14. The summed E-state index contributed by atoms with van der Waals surface area (Å²) in [5.74, 6) is 5.66. The zero-order chi connectivity index (χ0) is 10.7. The van der Waals surface area contributed by atoms with Crippen molar-refractivity contribution in [2.45, 2.75) is 6.42 Å². The van der Waals surface area contributed by atoms with Crippen LogP contribution in [-0.2, 0) is 4.79 Å². The lowest BCUT2D eigenvalue weighted by Gasteiger charge is -1.89. The molecule has 0 spiro atoms. The number of benzene rings is 1. The molecule has 74 valence electrons. The van der Waals surface area contributed by atoms with Gasteiger partial charge in [0.05, 0.1) is 16.6 Å². The van der Waals surface area contributed by atoms with Gasteiger partial charge in [-0.05, 0) is 18.2 Å². The van der Waals surface area contributed by atoms with Crippen LogP contribution in [-0.4, -0.2) is 11.3 Å². The van der Waals surface area contributed by atoms with Crippen molar-refractivity contribution >= 4 is 33.0 Å². The van der Waals surface area contributed by atoms with Gasteiger partial charge in [0.2, 0.25) is 0 Å². The van der Waals surface area contributed by atoms with Gasteiger partial charge in [-0.1, -0.05) is 23.2 Å². The number of carbonyl (C=O) groups is 1. The normalized spacial score (nSPS) is 9.60. The maximum absolute atomic E-state index is 10.1. The SMILES string of the molecule is Nc1nc2ccc(C#CCC=O)cc2s1. The molecule has 0 bridgehead atoms. The highest BCUT2D eigenvalue weighted by atomic mass is 32.1. The maximum atomic E-state index is 10.1. The van der Waals surface area contributed by atoms with Gasteiger partial charge in [0.25, 0.3) is 0 Å². The van der Waals surface area contributed by atoms with Crippen LogP contribution >= 0.6 is 11.3 Å². The molecule has 0 saturated heterocycles. The molecule has 0 aliphatic carbocycles. The summed E-state index contributed by atoms with van der Waals surface area (Å²) in [6, 6.07) is 5.69. The highest BCUT2D eigenvalue weighted by Crippen LogP contribution is 2.24. The fourth-order valence-electron chi connectivity index (χ4n) is 1.21. The van der Waals surface area contributed by atoms with E-state index in [2.05, 4.69) is 16.8 Å². The highest BCUT2D eigenvalue weighted by Gasteiger charge is 2.00. The van der Waals surface area contributed by atoms with E-state index >= 15 is 0 Å². The number of aromatic nitrogens is 1. The van der Waals surface area contributed by atoms with Gasteiger partial charge >= 0.3 is 0 Å². The van der Waals surface area contributed by atoms with Crippen LogP contribution in [0.4, 0.5) is 5.13 Å². The molecule has 0 radical (unpaired) electrons. The van der Waals surface area contributed by atoms with Crippen LogP contribution in [0.25, 0.3) is 10.2 Å². The summed E-state index contributed by atoms with van der Waals surface area (Å²) in [6.45, 7) is 0. The van der Waals surface area contributed by atoms with Gasteiger partial charge in [-0.25, -0.2) is 4.98 Å². The predicted molar refractivity (Wildman–Crippen MR) is 61.6 cm³/mol. The van der Waals surface area contributed by atoms with Gasteiger partial charge in [0.1, 0.15) is 6.29 Å². The van der Waals surface area contributed by atoms with E-state index in [1.165, 1.54) is 11.3 Å². The van der Waals surface area contributed by atoms with E-state index in [0.29, 0.717) is 5.13 Å². The predicted octanol–water partition coefficient (Wildman–Crippen LogP) is 1.82. The summed E-state index contributed by atoms with van der Waals surface area (Å²) in [5, 5.41) is 0.558. The van der Waals surface area contributed by atoms with Crippen LogP contribution in [0.15, 0.2) is 18.2 Å². The van der Waals surface area contributed by atoms with Crippen LogP contribution in [0.2, 0.25) is 0 Å². The van der Waals surface area contributed by atoms with Gasteiger partial charge in [-0.3, -0.25) is 0 Å². The van der Waals surface area contributed by atoms with Gasteiger partial charge in [0, 0.05) is 5.56 Å². The summed E-state index contributed by atoms with van der Waals surface area (Å²) in [6.07, 6.45) is 1.05. The molecule has 2 aromatic rings. The summed E-state index contributed by atoms with van der Waals surface area (Å²) in [4.78, 5) is 14.2. The Morgan fingerprint density at radius 3 is 3.20 bits per heavy atom. The van der Waals surface area contributed by atoms with Crippen LogP contribution < -0.4 is 5.73 Å². The van der Waals surface area contributed by atoms with E-state index in [0.717, 1.165) is 22.1 Å². The zero-order valence-electron chi connectivity index (χ0n) is 7.86. The summed E-state index contributed by atoms with van der Waals surface area (Å²) >= 11 is 1.43. The number of nitrogen functional groups attached to an aromatic ring is 1. The van der Waals surface area contributed by atoms with Crippen molar-refractivity contribution in [3.63, 3.8) is 0 Å². The molecule has 0 atom stereocenters. The Bertz CT molecular complexity index is 563. The Balaban J connectivity index is 2.39. The quantitative estimate of drug-likeness (QED) is 0.584. The minimum Gasteiger partial charge on any atom is -0.375 e. The van der Waals surface area contributed by atoms with Gasteiger partial charge < -0.3 is 10.5 Å². The lowest BCUT2D eigenvalue weighted by molar-refractivity contribution is -0.107. The van der Waals surface area contributed by atoms with Gasteiger partial charge in [-0.2, -0.15) is 0 Å². The average molecular weight is 216 g/mol.